The number of hydrogen-bond acceptors (Lipinski definition) is 24. The van der Waals surface area contributed by atoms with E-state index in [9.17, 15) is 70.9 Å². The van der Waals surface area contributed by atoms with Crippen LogP contribution >= 0.6 is 0 Å². The normalized spacial score (nSPS) is 50.8. The van der Waals surface area contributed by atoms with Crippen LogP contribution in [0.15, 0.2) is 0 Å². The van der Waals surface area contributed by atoms with Crippen LogP contribution in [0.1, 0.15) is 34.6 Å². The van der Waals surface area contributed by atoms with E-state index in [0.717, 1.165) is 13.8 Å². The fraction of sp³-hybridized carbons (Fsp3) is 0.941. The van der Waals surface area contributed by atoms with Crippen molar-refractivity contribution < 1.29 is 118 Å². The van der Waals surface area contributed by atoms with Gasteiger partial charge < -0.3 is 114 Å². The Morgan fingerprint density at radius 3 is 1.47 bits per heavy atom. The summed E-state index contributed by atoms with van der Waals surface area (Å²) in [6, 6.07) is -1.65. The Balaban J connectivity index is 1.46. The first-order valence-corrected chi connectivity index (χ1v) is 19.1. The van der Waals surface area contributed by atoms with Gasteiger partial charge in [0.15, 0.2) is 37.6 Å². The second-order valence-electron chi connectivity index (χ2n) is 15.2. The molecular weight excluding hydrogens is 806 g/mol. The van der Waals surface area contributed by atoms with Crippen LogP contribution in [0, 0.1) is 0 Å². The molecule has 1 amide bonds. The summed E-state index contributed by atoms with van der Waals surface area (Å²) in [6.07, 6.45) is -40.3. The lowest BCUT2D eigenvalue weighted by Gasteiger charge is -2.50. The molecule has 10 unspecified atom stereocenters. The molecule has 25 heteroatoms. The first-order chi connectivity index (χ1) is 27.7. The van der Waals surface area contributed by atoms with Crippen LogP contribution in [0.2, 0.25) is 0 Å². The quantitative estimate of drug-likeness (QED) is 0.0810. The van der Waals surface area contributed by atoms with Crippen LogP contribution in [0.25, 0.3) is 0 Å². The topological polar surface area (TPSA) is 381 Å². The molecule has 59 heavy (non-hydrogen) atoms. The van der Waals surface area contributed by atoms with Crippen molar-refractivity contribution in [3.8, 4) is 0 Å². The van der Waals surface area contributed by atoms with E-state index >= 15 is 0 Å². The summed E-state index contributed by atoms with van der Waals surface area (Å²) in [5.41, 5.74) is 0. The van der Waals surface area contributed by atoms with Crippen LogP contribution in [-0.4, -0.2) is 240 Å². The maximum atomic E-state index is 12.7. The number of amides is 1. The smallest absolute Gasteiger partial charge is 0.303 e. The molecule has 5 saturated heterocycles. The zero-order valence-electron chi connectivity index (χ0n) is 32.6. The number of aliphatic hydroxyl groups excluding tert-OH is 12. The summed E-state index contributed by atoms with van der Waals surface area (Å²) in [5.74, 6) is -1.73. The molecule has 0 bridgehead atoms. The standard InChI is InChI=1S/C34H57NO24/c1-8-16(40)21(45)23(47)32(51-8)58-27-18(42)10(3)52-34(29(27)53-12(5)39)56-25-15(35-11(4)38)31(54-14(7-37)20(25)44)59-28-26(17(41)9(2)50-30(28)49)57-33-24(48)22(46)19(43)13(6-36)55-33/h8-10,13-34,36-37,40-49H,6-7H2,1-5H3,(H,35,38)/t8?,9?,10?,13-,14?,15-,16-,17-,18-,19+,20+,21-,22?,23?,24?,25?,26-,27-,28?,29?,30+,31-,32-,33+,34-/m0/s1. The predicted molar refractivity (Wildman–Crippen MR) is 183 cm³/mol. The fourth-order valence-electron chi connectivity index (χ4n) is 7.53. The molecular formula is C34H57NO24. The largest absolute Gasteiger partial charge is 0.454 e. The number of hydrogen-bond donors (Lipinski definition) is 13. The molecule has 5 aliphatic heterocycles. The van der Waals surface area contributed by atoms with Crippen molar-refractivity contribution in [3.63, 3.8) is 0 Å². The molecule has 0 aromatic carbocycles. The third-order valence-corrected chi connectivity index (χ3v) is 10.9. The summed E-state index contributed by atoms with van der Waals surface area (Å²) >= 11 is 0. The predicted octanol–water partition coefficient (Wildman–Crippen LogP) is -8.13. The Kier molecular flexibility index (Phi) is 16.4. The molecule has 13 N–H and O–H groups in total. The van der Waals surface area contributed by atoms with Gasteiger partial charge in [0.1, 0.15) is 97.6 Å². The highest BCUT2D eigenvalue weighted by Gasteiger charge is 2.57. The van der Waals surface area contributed by atoms with E-state index in [0.29, 0.717) is 0 Å². The average Bonchev–Trinajstić information content (AvgIpc) is 3.18. The Bertz CT molecular complexity index is 1380. The van der Waals surface area contributed by atoms with Gasteiger partial charge in [0.05, 0.1) is 31.5 Å². The van der Waals surface area contributed by atoms with Crippen LogP contribution in [-0.2, 0) is 57.0 Å². The highest BCUT2D eigenvalue weighted by Crippen LogP contribution is 2.36. The molecule has 0 aromatic rings. The fourth-order valence-corrected chi connectivity index (χ4v) is 7.53. The van der Waals surface area contributed by atoms with Crippen molar-refractivity contribution in [1.29, 1.82) is 0 Å². The zero-order valence-corrected chi connectivity index (χ0v) is 32.6. The molecule has 0 radical (unpaired) electrons. The Morgan fingerprint density at radius 2 is 0.915 bits per heavy atom. The molecule has 5 aliphatic rings. The van der Waals surface area contributed by atoms with Gasteiger partial charge in [-0.05, 0) is 20.8 Å². The molecule has 25 nitrogen and oxygen atoms in total. The summed E-state index contributed by atoms with van der Waals surface area (Å²) in [5, 5.41) is 130. The molecule has 342 valence electrons. The first kappa shape index (κ1) is 48.1. The number of carbonyl (C=O) groups is 2. The number of nitrogens with one attached hydrogen (secondary N) is 1. The van der Waals surface area contributed by atoms with Crippen LogP contribution in [0.3, 0.4) is 0 Å². The minimum absolute atomic E-state index is 0.775. The summed E-state index contributed by atoms with van der Waals surface area (Å²) in [6.45, 7) is 4.40. The number of carbonyl (C=O) groups excluding carboxylic acids is 2. The molecule has 25 atom stereocenters. The van der Waals surface area contributed by atoms with E-state index in [1.807, 2.05) is 0 Å². The number of rotatable bonds is 12. The number of ether oxygens (including phenoxy) is 10. The second kappa shape index (κ2) is 20.1. The average molecular weight is 864 g/mol. The van der Waals surface area contributed by atoms with Crippen LogP contribution in [0.5, 0.6) is 0 Å². The van der Waals surface area contributed by atoms with Crippen molar-refractivity contribution in [1.82, 2.24) is 5.32 Å². The first-order valence-electron chi connectivity index (χ1n) is 19.1. The highest BCUT2D eigenvalue weighted by molar-refractivity contribution is 5.73. The van der Waals surface area contributed by atoms with Gasteiger partial charge in [-0.2, -0.15) is 0 Å². The van der Waals surface area contributed by atoms with Gasteiger partial charge in [-0.15, -0.1) is 0 Å². The summed E-state index contributed by atoms with van der Waals surface area (Å²) in [7, 11) is 0. The lowest BCUT2D eigenvalue weighted by molar-refractivity contribution is -0.388. The second-order valence-corrected chi connectivity index (χ2v) is 15.2. The summed E-state index contributed by atoms with van der Waals surface area (Å²) in [4.78, 5) is 25.1. The lowest BCUT2D eigenvalue weighted by Crippen LogP contribution is -2.70. The molecule has 0 aromatic heterocycles. The van der Waals surface area contributed by atoms with Gasteiger partial charge in [0, 0.05) is 13.8 Å². The highest BCUT2D eigenvalue weighted by atomic mass is 16.8. The molecule has 0 spiro atoms. The monoisotopic (exact) mass is 863 g/mol. The Morgan fingerprint density at radius 1 is 0.475 bits per heavy atom. The van der Waals surface area contributed by atoms with Crippen LogP contribution < -0.4 is 5.32 Å². The Hall–Kier alpha value is -1.90. The molecule has 0 saturated carbocycles. The van der Waals surface area contributed by atoms with E-state index in [1.165, 1.54) is 20.8 Å². The van der Waals surface area contributed by atoms with Crippen molar-refractivity contribution in [2.24, 2.45) is 0 Å². The molecule has 5 rings (SSSR count). The van der Waals surface area contributed by atoms with Gasteiger partial charge in [-0.1, -0.05) is 0 Å². The van der Waals surface area contributed by atoms with E-state index in [2.05, 4.69) is 5.32 Å². The summed E-state index contributed by atoms with van der Waals surface area (Å²) < 4.78 is 57.5. The number of esters is 1. The molecule has 5 fully saturated rings. The van der Waals surface area contributed by atoms with Gasteiger partial charge in [-0.25, -0.2) is 0 Å². The zero-order chi connectivity index (χ0) is 43.8. The number of aliphatic hydroxyl groups is 12. The van der Waals surface area contributed by atoms with E-state index < -0.39 is 179 Å². The van der Waals surface area contributed by atoms with E-state index in [4.69, 9.17) is 47.4 Å². The SMILES string of the molecule is CC(=O)N[C@H]1C(O[C@@H]2OC(C)[C@H](O)[C@H](O[C@@H]3OC(C)[C@H](O)[C@H](O)C3O)C2OC(C)=O)[C@H](O)C(CO)O[C@H]1OC1[C@H](O)OC(C)[C@H](O)[C@@H]1O[C@H]1O[C@@H](CO)[C@@H](O)C(O)C1O. The third-order valence-electron chi connectivity index (χ3n) is 10.9. The third kappa shape index (κ3) is 10.3. The minimum atomic E-state index is -1.97. The maximum absolute atomic E-state index is 12.7. The van der Waals surface area contributed by atoms with Crippen molar-refractivity contribution in [3.05, 3.63) is 0 Å². The van der Waals surface area contributed by atoms with Gasteiger partial charge >= 0.3 is 5.97 Å². The van der Waals surface area contributed by atoms with Crippen LogP contribution in [0.4, 0.5) is 0 Å². The molecule has 5 heterocycles. The van der Waals surface area contributed by atoms with Crippen molar-refractivity contribution in [2.45, 2.75) is 188 Å². The Labute approximate surface area is 336 Å². The van der Waals surface area contributed by atoms with Crippen molar-refractivity contribution >= 4 is 11.9 Å². The van der Waals surface area contributed by atoms with E-state index in [1.54, 1.807) is 0 Å². The minimum Gasteiger partial charge on any atom is -0.454 e. The van der Waals surface area contributed by atoms with Gasteiger partial charge in [0.2, 0.25) is 5.91 Å². The maximum Gasteiger partial charge on any atom is 0.303 e. The van der Waals surface area contributed by atoms with E-state index in [-0.39, 0.29) is 0 Å². The molecule has 0 aliphatic carbocycles. The van der Waals surface area contributed by atoms with Gasteiger partial charge in [-0.3, -0.25) is 9.59 Å². The van der Waals surface area contributed by atoms with Crippen molar-refractivity contribution in [2.75, 3.05) is 13.2 Å². The lowest BCUT2D eigenvalue weighted by atomic mass is 9.94. The van der Waals surface area contributed by atoms with Gasteiger partial charge in [0.25, 0.3) is 0 Å².